The minimum absolute atomic E-state index is 0.0371. The summed E-state index contributed by atoms with van der Waals surface area (Å²) in [6.45, 7) is 3.85. The Kier molecular flexibility index (Phi) is 3.96. The first kappa shape index (κ1) is 13.3. The van der Waals surface area contributed by atoms with Crippen LogP contribution in [0.5, 0.6) is 0 Å². The molecule has 7 nitrogen and oxygen atoms in total. The van der Waals surface area contributed by atoms with E-state index in [0.717, 1.165) is 0 Å². The third-order valence-electron chi connectivity index (χ3n) is 2.60. The molecule has 19 heavy (non-hydrogen) atoms. The second-order valence-electron chi connectivity index (χ2n) is 4.42. The molecule has 0 radical (unpaired) electrons. The van der Waals surface area contributed by atoms with E-state index in [1.807, 2.05) is 13.8 Å². The minimum Gasteiger partial charge on any atom is -0.480 e. The van der Waals surface area contributed by atoms with Crippen LogP contribution in [0.4, 0.5) is 0 Å². The van der Waals surface area contributed by atoms with Gasteiger partial charge in [0, 0.05) is 0 Å². The van der Waals surface area contributed by atoms with E-state index in [1.165, 1.54) is 6.26 Å². The number of rotatable bonds is 6. The topological polar surface area (TPSA) is 101 Å². The van der Waals surface area contributed by atoms with Crippen LogP contribution in [0.1, 0.15) is 19.7 Å². The fourth-order valence-corrected chi connectivity index (χ4v) is 1.63. The molecular formula is C12H15N3O4. The lowest BCUT2D eigenvalue weighted by molar-refractivity contribution is -0.140. The molecule has 0 bridgehead atoms. The van der Waals surface area contributed by atoms with Crippen molar-refractivity contribution in [3.63, 3.8) is 0 Å². The van der Waals surface area contributed by atoms with Crippen LogP contribution in [0.25, 0.3) is 11.7 Å². The number of furan rings is 1. The van der Waals surface area contributed by atoms with E-state index in [-0.39, 0.29) is 18.4 Å². The lowest BCUT2D eigenvalue weighted by atomic mass is 10.1. The van der Waals surface area contributed by atoms with Crippen molar-refractivity contribution in [3.8, 4) is 11.7 Å². The highest BCUT2D eigenvalue weighted by atomic mass is 16.4. The molecule has 0 aliphatic heterocycles. The van der Waals surface area contributed by atoms with Gasteiger partial charge in [0.05, 0.1) is 12.8 Å². The Hall–Kier alpha value is -2.15. The molecule has 2 aromatic heterocycles. The monoisotopic (exact) mass is 265 g/mol. The van der Waals surface area contributed by atoms with Gasteiger partial charge in [-0.15, -0.1) is 10.2 Å². The summed E-state index contributed by atoms with van der Waals surface area (Å²) in [4.78, 5) is 11.0. The number of nitrogens with one attached hydrogen (secondary N) is 1. The van der Waals surface area contributed by atoms with Crippen molar-refractivity contribution in [1.29, 1.82) is 0 Å². The Morgan fingerprint density at radius 1 is 1.47 bits per heavy atom. The highest BCUT2D eigenvalue weighted by molar-refractivity contribution is 5.73. The van der Waals surface area contributed by atoms with Crippen molar-refractivity contribution in [3.05, 3.63) is 24.3 Å². The van der Waals surface area contributed by atoms with E-state index in [0.29, 0.717) is 11.7 Å². The van der Waals surface area contributed by atoms with Gasteiger partial charge in [-0.25, -0.2) is 0 Å². The number of nitrogens with zero attached hydrogens (tertiary/aromatic N) is 2. The average molecular weight is 265 g/mol. The maximum atomic E-state index is 11.0. The Morgan fingerprint density at radius 3 is 2.84 bits per heavy atom. The molecule has 0 saturated carbocycles. The minimum atomic E-state index is -0.902. The van der Waals surface area contributed by atoms with Crippen LogP contribution in [-0.4, -0.2) is 27.3 Å². The van der Waals surface area contributed by atoms with Gasteiger partial charge in [-0.2, -0.15) is 0 Å². The molecule has 0 aliphatic rings. The molecule has 2 rings (SSSR count). The van der Waals surface area contributed by atoms with Crippen LogP contribution in [0.2, 0.25) is 0 Å². The first-order valence-electron chi connectivity index (χ1n) is 5.90. The normalized spacial score (nSPS) is 12.8. The van der Waals surface area contributed by atoms with Crippen molar-refractivity contribution >= 4 is 5.97 Å². The number of carbonyl (C=O) groups is 1. The van der Waals surface area contributed by atoms with Crippen molar-refractivity contribution in [2.75, 3.05) is 0 Å². The standard InChI is InChI=1S/C12H15N3O4/c1-7(2)10(12(16)17)13-6-9-14-15-11(19-9)8-4-3-5-18-8/h3-5,7,10,13H,6H2,1-2H3,(H,16,17). The summed E-state index contributed by atoms with van der Waals surface area (Å²) in [5.41, 5.74) is 0. The highest BCUT2D eigenvalue weighted by Gasteiger charge is 2.21. The third kappa shape index (κ3) is 3.19. The van der Waals surface area contributed by atoms with Gasteiger partial charge < -0.3 is 13.9 Å². The molecular weight excluding hydrogens is 250 g/mol. The number of hydrogen-bond donors (Lipinski definition) is 2. The van der Waals surface area contributed by atoms with Crippen molar-refractivity contribution in [2.24, 2.45) is 5.92 Å². The SMILES string of the molecule is CC(C)C(NCc1nnc(-c2ccco2)o1)C(=O)O. The van der Waals surface area contributed by atoms with E-state index < -0.39 is 12.0 Å². The summed E-state index contributed by atoms with van der Waals surface area (Å²) < 4.78 is 10.5. The van der Waals surface area contributed by atoms with Gasteiger partial charge in [0.25, 0.3) is 5.89 Å². The zero-order chi connectivity index (χ0) is 13.8. The Balaban J connectivity index is 1.99. The number of carboxylic acid groups (broad SMARTS) is 1. The molecule has 102 valence electrons. The summed E-state index contributed by atoms with van der Waals surface area (Å²) >= 11 is 0. The van der Waals surface area contributed by atoms with E-state index in [4.69, 9.17) is 13.9 Å². The zero-order valence-corrected chi connectivity index (χ0v) is 10.7. The molecule has 0 fully saturated rings. The smallest absolute Gasteiger partial charge is 0.320 e. The fraction of sp³-hybridized carbons (Fsp3) is 0.417. The Labute approximate surface area is 109 Å². The third-order valence-corrected chi connectivity index (χ3v) is 2.60. The first-order valence-corrected chi connectivity index (χ1v) is 5.90. The van der Waals surface area contributed by atoms with Gasteiger partial charge in [-0.05, 0) is 18.1 Å². The molecule has 2 heterocycles. The predicted molar refractivity (Wildman–Crippen MR) is 65.1 cm³/mol. The predicted octanol–water partition coefficient (Wildman–Crippen LogP) is 1.53. The van der Waals surface area contributed by atoms with E-state index in [9.17, 15) is 4.79 Å². The lowest BCUT2D eigenvalue weighted by Crippen LogP contribution is -2.40. The van der Waals surface area contributed by atoms with Crippen molar-refractivity contribution < 1.29 is 18.7 Å². The quantitative estimate of drug-likeness (QED) is 0.816. The van der Waals surface area contributed by atoms with Crippen molar-refractivity contribution in [2.45, 2.75) is 26.4 Å². The van der Waals surface area contributed by atoms with E-state index >= 15 is 0 Å². The van der Waals surface area contributed by atoms with Gasteiger partial charge in [-0.3, -0.25) is 10.1 Å². The van der Waals surface area contributed by atoms with Crippen LogP contribution < -0.4 is 5.32 Å². The molecule has 0 spiro atoms. The maximum absolute atomic E-state index is 11.0. The number of aromatic nitrogens is 2. The number of aliphatic carboxylic acids is 1. The summed E-state index contributed by atoms with van der Waals surface area (Å²) in [6.07, 6.45) is 1.51. The van der Waals surface area contributed by atoms with Gasteiger partial charge in [-0.1, -0.05) is 13.8 Å². The molecule has 0 amide bonds. The van der Waals surface area contributed by atoms with Gasteiger partial charge in [0.1, 0.15) is 6.04 Å². The highest BCUT2D eigenvalue weighted by Crippen LogP contribution is 2.17. The van der Waals surface area contributed by atoms with E-state index in [2.05, 4.69) is 15.5 Å². The number of carboxylic acids is 1. The van der Waals surface area contributed by atoms with Crippen LogP contribution in [0.3, 0.4) is 0 Å². The lowest BCUT2D eigenvalue weighted by Gasteiger charge is -2.16. The van der Waals surface area contributed by atoms with Gasteiger partial charge in [0.15, 0.2) is 5.76 Å². The van der Waals surface area contributed by atoms with Crippen LogP contribution in [0.15, 0.2) is 27.2 Å². The Morgan fingerprint density at radius 2 is 2.26 bits per heavy atom. The van der Waals surface area contributed by atoms with Gasteiger partial charge in [0.2, 0.25) is 5.89 Å². The van der Waals surface area contributed by atoms with E-state index in [1.54, 1.807) is 12.1 Å². The summed E-state index contributed by atoms with van der Waals surface area (Å²) in [5.74, 6) is 0.139. The second-order valence-corrected chi connectivity index (χ2v) is 4.42. The molecule has 0 saturated heterocycles. The molecule has 1 unspecified atom stereocenters. The van der Waals surface area contributed by atoms with Crippen LogP contribution in [-0.2, 0) is 11.3 Å². The molecule has 0 aliphatic carbocycles. The fourth-order valence-electron chi connectivity index (χ4n) is 1.63. The van der Waals surface area contributed by atoms with Crippen LogP contribution >= 0.6 is 0 Å². The van der Waals surface area contributed by atoms with Crippen molar-refractivity contribution in [1.82, 2.24) is 15.5 Å². The average Bonchev–Trinajstić information content (AvgIpc) is 2.98. The largest absolute Gasteiger partial charge is 0.480 e. The molecule has 1 atom stereocenters. The summed E-state index contributed by atoms with van der Waals surface area (Å²) in [7, 11) is 0. The van der Waals surface area contributed by atoms with Crippen LogP contribution in [0, 0.1) is 5.92 Å². The second kappa shape index (κ2) is 5.66. The first-order chi connectivity index (χ1) is 9.08. The molecule has 2 N–H and O–H groups in total. The molecule has 2 aromatic rings. The summed E-state index contributed by atoms with van der Waals surface area (Å²) in [6, 6.07) is 2.77. The maximum Gasteiger partial charge on any atom is 0.320 e. The van der Waals surface area contributed by atoms with Gasteiger partial charge >= 0.3 is 5.97 Å². The molecule has 0 aromatic carbocycles. The zero-order valence-electron chi connectivity index (χ0n) is 10.7. The Bertz CT molecular complexity index is 533. The summed E-state index contributed by atoms with van der Waals surface area (Å²) in [5, 5.41) is 19.6. The number of hydrogen-bond acceptors (Lipinski definition) is 6. The molecule has 7 heteroatoms.